The van der Waals surface area contributed by atoms with E-state index in [0.29, 0.717) is 53.6 Å². The first-order chi connectivity index (χ1) is 15.2. The number of aliphatic hydroxyl groups is 1. The second kappa shape index (κ2) is 9.11. The first-order valence-corrected chi connectivity index (χ1v) is 11.1. The van der Waals surface area contributed by atoms with Crippen LogP contribution < -0.4 is 4.74 Å². The largest absolute Gasteiger partial charge is 0.489 e. The minimum atomic E-state index is -0.486. The minimum Gasteiger partial charge on any atom is -0.489 e. The Morgan fingerprint density at radius 3 is 2.53 bits per heavy atom. The summed E-state index contributed by atoms with van der Waals surface area (Å²) in [6.07, 6.45) is 2.02. The van der Waals surface area contributed by atoms with Crippen molar-refractivity contribution in [2.45, 2.75) is 57.7 Å². The summed E-state index contributed by atoms with van der Waals surface area (Å²) in [5, 5.41) is 18.6. The van der Waals surface area contributed by atoms with Crippen LogP contribution in [0.1, 0.15) is 59.2 Å². The van der Waals surface area contributed by atoms with Crippen LogP contribution in [-0.4, -0.2) is 56.9 Å². The standard InChI is InChI=1S/C23H26ClFN4O3/c1-12-21(24)13(2)28-22(27-12)18-10-29(11-19(18)26)23(31)17-8-3-14(25)9-20(17)32-16-6-4-15(30)5-7-16/h3,8-9,15-16,18,26,30H,4-7,10-11H2,1-2H3. The van der Waals surface area contributed by atoms with Crippen molar-refractivity contribution in [2.24, 2.45) is 0 Å². The maximum absolute atomic E-state index is 14.0. The summed E-state index contributed by atoms with van der Waals surface area (Å²) in [4.78, 5) is 23.7. The Morgan fingerprint density at radius 1 is 1.22 bits per heavy atom. The molecule has 1 aliphatic carbocycles. The van der Waals surface area contributed by atoms with Crippen LogP contribution in [0.2, 0.25) is 5.02 Å². The average Bonchev–Trinajstić information content (AvgIpc) is 3.14. The van der Waals surface area contributed by atoms with Crippen LogP contribution in [0.5, 0.6) is 5.75 Å². The second-order valence-corrected chi connectivity index (χ2v) is 8.90. The van der Waals surface area contributed by atoms with Crippen LogP contribution in [0, 0.1) is 25.1 Å². The molecular formula is C23H26ClFN4O3. The van der Waals surface area contributed by atoms with Crippen LogP contribution in [0.15, 0.2) is 18.2 Å². The Labute approximate surface area is 191 Å². The van der Waals surface area contributed by atoms with Crippen LogP contribution in [-0.2, 0) is 0 Å². The molecule has 170 valence electrons. The Hall–Kier alpha value is -2.58. The summed E-state index contributed by atoms with van der Waals surface area (Å²) in [5.41, 5.74) is 1.87. The van der Waals surface area contributed by atoms with Crippen molar-refractivity contribution in [2.75, 3.05) is 13.1 Å². The van der Waals surface area contributed by atoms with E-state index in [9.17, 15) is 14.3 Å². The summed E-state index contributed by atoms with van der Waals surface area (Å²) in [7, 11) is 0. The topological polar surface area (TPSA) is 99.4 Å². The molecule has 1 aliphatic heterocycles. The summed E-state index contributed by atoms with van der Waals surface area (Å²) in [5.74, 6) is -0.564. The number of rotatable bonds is 4. The smallest absolute Gasteiger partial charge is 0.257 e. The Balaban J connectivity index is 1.54. The molecule has 2 heterocycles. The molecule has 1 atom stereocenters. The number of nitrogens with zero attached hydrogens (tertiary/aromatic N) is 3. The molecule has 32 heavy (non-hydrogen) atoms. The van der Waals surface area contributed by atoms with Gasteiger partial charge in [0, 0.05) is 18.3 Å². The van der Waals surface area contributed by atoms with Gasteiger partial charge >= 0.3 is 0 Å². The molecule has 4 rings (SSSR count). The molecule has 0 radical (unpaired) electrons. The Morgan fingerprint density at radius 2 is 1.88 bits per heavy atom. The predicted octanol–water partition coefficient (Wildman–Crippen LogP) is 3.83. The summed E-state index contributed by atoms with van der Waals surface area (Å²) in [6, 6.07) is 3.89. The van der Waals surface area contributed by atoms with Crippen LogP contribution in [0.3, 0.4) is 0 Å². The molecule has 2 aromatic rings. The van der Waals surface area contributed by atoms with Gasteiger partial charge in [0.1, 0.15) is 17.4 Å². The van der Waals surface area contributed by atoms with E-state index in [-0.39, 0.29) is 42.5 Å². The lowest BCUT2D eigenvalue weighted by Crippen LogP contribution is -2.31. The fourth-order valence-electron chi connectivity index (χ4n) is 4.27. The number of aliphatic hydroxyl groups excluding tert-OH is 1. The zero-order valence-electron chi connectivity index (χ0n) is 18.1. The fraction of sp³-hybridized carbons (Fsp3) is 0.478. The van der Waals surface area contributed by atoms with Gasteiger partial charge in [0.2, 0.25) is 0 Å². The third-order valence-electron chi connectivity index (χ3n) is 6.09. The van der Waals surface area contributed by atoms with Crippen LogP contribution in [0.4, 0.5) is 4.39 Å². The molecule has 0 spiro atoms. The van der Waals surface area contributed by atoms with Gasteiger partial charge in [0.05, 0.1) is 46.6 Å². The van der Waals surface area contributed by atoms with Gasteiger partial charge in [-0.3, -0.25) is 4.79 Å². The van der Waals surface area contributed by atoms with E-state index in [2.05, 4.69) is 9.97 Å². The molecule has 1 saturated heterocycles. The van der Waals surface area contributed by atoms with Crippen LogP contribution >= 0.6 is 11.6 Å². The van der Waals surface area contributed by atoms with Gasteiger partial charge in [-0.05, 0) is 51.7 Å². The molecule has 1 amide bonds. The number of carbonyl (C=O) groups excluding carboxylic acids is 1. The SMILES string of the molecule is Cc1nc(C2CN(C(=O)c3ccc(F)cc3OC3CCC(O)CC3)CC2=N)nc(C)c1Cl. The highest BCUT2D eigenvalue weighted by Gasteiger charge is 2.36. The highest BCUT2D eigenvalue weighted by Crippen LogP contribution is 2.31. The maximum Gasteiger partial charge on any atom is 0.257 e. The normalized spacial score (nSPS) is 23.5. The highest BCUT2D eigenvalue weighted by atomic mass is 35.5. The third-order valence-corrected chi connectivity index (χ3v) is 6.64. The van der Waals surface area contributed by atoms with Crippen molar-refractivity contribution in [1.82, 2.24) is 14.9 Å². The summed E-state index contributed by atoms with van der Waals surface area (Å²) in [6.45, 7) is 3.97. The number of carbonyl (C=O) groups is 1. The quantitative estimate of drug-likeness (QED) is 0.722. The van der Waals surface area contributed by atoms with Gasteiger partial charge in [-0.1, -0.05) is 11.6 Å². The molecule has 9 heteroatoms. The number of aromatic nitrogens is 2. The first-order valence-electron chi connectivity index (χ1n) is 10.7. The number of amides is 1. The average molecular weight is 461 g/mol. The number of benzene rings is 1. The van der Waals surface area contributed by atoms with Crippen LogP contribution in [0.25, 0.3) is 0 Å². The van der Waals surface area contributed by atoms with Gasteiger partial charge in [-0.15, -0.1) is 0 Å². The van der Waals surface area contributed by atoms with Gasteiger partial charge in [-0.25, -0.2) is 14.4 Å². The second-order valence-electron chi connectivity index (χ2n) is 8.52. The van der Waals surface area contributed by atoms with E-state index in [1.807, 2.05) is 0 Å². The summed E-state index contributed by atoms with van der Waals surface area (Å²) >= 11 is 6.17. The van der Waals surface area contributed by atoms with E-state index in [1.165, 1.54) is 18.2 Å². The zero-order valence-corrected chi connectivity index (χ0v) is 18.8. The molecule has 1 saturated carbocycles. The number of ether oxygens (including phenoxy) is 1. The van der Waals surface area contributed by atoms with Crippen molar-refractivity contribution in [3.63, 3.8) is 0 Å². The van der Waals surface area contributed by atoms with Crippen molar-refractivity contribution < 1.29 is 19.0 Å². The number of nitrogens with one attached hydrogen (secondary N) is 1. The highest BCUT2D eigenvalue weighted by molar-refractivity contribution is 6.31. The monoisotopic (exact) mass is 460 g/mol. The lowest BCUT2D eigenvalue weighted by Gasteiger charge is -2.27. The molecule has 1 unspecified atom stereocenters. The molecule has 2 N–H and O–H groups in total. The molecular weight excluding hydrogens is 435 g/mol. The summed E-state index contributed by atoms with van der Waals surface area (Å²) < 4.78 is 19.9. The molecule has 0 bridgehead atoms. The third kappa shape index (κ3) is 4.61. The Kier molecular flexibility index (Phi) is 6.44. The van der Waals surface area contributed by atoms with Gasteiger partial charge in [0.15, 0.2) is 0 Å². The Bertz CT molecular complexity index is 1030. The van der Waals surface area contributed by atoms with Gasteiger partial charge in [0.25, 0.3) is 5.91 Å². The number of aryl methyl sites for hydroxylation is 2. The van der Waals surface area contributed by atoms with E-state index in [1.54, 1.807) is 18.7 Å². The van der Waals surface area contributed by atoms with E-state index >= 15 is 0 Å². The van der Waals surface area contributed by atoms with E-state index in [4.69, 9.17) is 21.7 Å². The zero-order chi connectivity index (χ0) is 23.0. The molecule has 1 aromatic heterocycles. The van der Waals surface area contributed by atoms with Crippen molar-refractivity contribution in [1.29, 1.82) is 5.41 Å². The van der Waals surface area contributed by atoms with E-state index < -0.39 is 11.7 Å². The molecule has 7 nitrogen and oxygen atoms in total. The van der Waals surface area contributed by atoms with Crippen molar-refractivity contribution in [3.8, 4) is 5.75 Å². The van der Waals surface area contributed by atoms with Crippen molar-refractivity contribution in [3.05, 3.63) is 51.8 Å². The number of hydrogen-bond acceptors (Lipinski definition) is 6. The molecule has 2 aliphatic rings. The van der Waals surface area contributed by atoms with Gasteiger partial charge < -0.3 is 20.2 Å². The fourth-order valence-corrected chi connectivity index (χ4v) is 4.36. The number of halogens is 2. The molecule has 1 aromatic carbocycles. The molecule has 2 fully saturated rings. The number of hydrogen-bond donors (Lipinski definition) is 2. The van der Waals surface area contributed by atoms with Crippen molar-refractivity contribution >= 4 is 23.2 Å². The maximum atomic E-state index is 14.0. The lowest BCUT2D eigenvalue weighted by molar-refractivity contribution is 0.0638. The van der Waals surface area contributed by atoms with Gasteiger partial charge in [-0.2, -0.15) is 0 Å². The predicted molar refractivity (Wildman–Crippen MR) is 118 cm³/mol. The lowest BCUT2D eigenvalue weighted by atomic mass is 9.95. The first kappa shape index (κ1) is 22.6. The minimum absolute atomic E-state index is 0.139. The number of likely N-dealkylation sites (tertiary alicyclic amines) is 1. The van der Waals surface area contributed by atoms with E-state index in [0.717, 1.165) is 0 Å².